The smallest absolute Gasteiger partial charge is 0.394 e. The Morgan fingerprint density at radius 2 is 2.08 bits per heavy atom. The van der Waals surface area contributed by atoms with Gasteiger partial charge in [-0.3, -0.25) is 4.79 Å². The molecule has 72 valence electrons. The molecule has 7 heteroatoms. The zero-order valence-electron chi connectivity index (χ0n) is 5.86. The Morgan fingerprint density at radius 1 is 1.50 bits per heavy atom. The SMILES string of the molecule is O=C(CCCOC(F)(F)I)OI. The second kappa shape index (κ2) is 6.24. The molecule has 0 atom stereocenters. The van der Waals surface area contributed by atoms with Gasteiger partial charge < -0.3 is 7.80 Å². The quantitative estimate of drug-likeness (QED) is 0.401. The van der Waals surface area contributed by atoms with Crippen LogP contribution in [0, 0.1) is 0 Å². The molecule has 0 unspecified atom stereocenters. The lowest BCUT2D eigenvalue weighted by Gasteiger charge is -2.08. The molecule has 12 heavy (non-hydrogen) atoms. The summed E-state index contributed by atoms with van der Waals surface area (Å²) in [5.74, 6) is -0.434. The van der Waals surface area contributed by atoms with Crippen LogP contribution in [-0.2, 0) is 12.6 Å². The van der Waals surface area contributed by atoms with Gasteiger partial charge in [0.2, 0.25) is 0 Å². The van der Waals surface area contributed by atoms with Crippen LogP contribution >= 0.6 is 45.6 Å². The van der Waals surface area contributed by atoms with E-state index in [0.29, 0.717) is 0 Å². The molecule has 0 aromatic rings. The van der Waals surface area contributed by atoms with Gasteiger partial charge in [0.25, 0.3) is 0 Å². The van der Waals surface area contributed by atoms with Crippen molar-refractivity contribution in [2.45, 2.75) is 17.0 Å². The van der Waals surface area contributed by atoms with Crippen molar-refractivity contribution in [1.29, 1.82) is 0 Å². The third-order valence-corrected chi connectivity index (χ3v) is 1.68. The number of carbonyl (C=O) groups is 1. The third-order valence-electron chi connectivity index (χ3n) is 0.877. The lowest BCUT2D eigenvalue weighted by molar-refractivity contribution is -0.149. The predicted octanol–water partition coefficient (Wildman–Crippen LogP) is 2.66. The van der Waals surface area contributed by atoms with Crippen LogP contribution in [0.4, 0.5) is 8.78 Å². The number of carbonyl (C=O) groups excluding carboxylic acids is 1. The highest BCUT2D eigenvalue weighted by Gasteiger charge is 2.23. The molecular weight excluding hydrogens is 400 g/mol. The zero-order valence-corrected chi connectivity index (χ0v) is 10.2. The van der Waals surface area contributed by atoms with Crippen LogP contribution in [0.5, 0.6) is 0 Å². The van der Waals surface area contributed by atoms with Crippen LogP contribution in [0.1, 0.15) is 12.8 Å². The van der Waals surface area contributed by atoms with Crippen LogP contribution in [0.3, 0.4) is 0 Å². The van der Waals surface area contributed by atoms with Crippen LogP contribution in [0.15, 0.2) is 0 Å². The lowest BCUT2D eigenvalue weighted by atomic mass is 10.3. The van der Waals surface area contributed by atoms with Gasteiger partial charge in [-0.15, -0.1) is 0 Å². The van der Waals surface area contributed by atoms with Crippen LogP contribution in [-0.4, -0.2) is 16.7 Å². The largest absolute Gasteiger partial charge is 0.407 e. The molecule has 0 aromatic heterocycles. The molecule has 0 aliphatic heterocycles. The summed E-state index contributed by atoms with van der Waals surface area (Å²) in [7, 11) is 0. The normalized spacial score (nSPS) is 11.3. The third kappa shape index (κ3) is 8.84. The zero-order chi connectivity index (χ0) is 9.61. The predicted molar refractivity (Wildman–Crippen MR) is 54.3 cm³/mol. The van der Waals surface area contributed by atoms with E-state index in [4.69, 9.17) is 0 Å². The fourth-order valence-electron chi connectivity index (χ4n) is 0.443. The Hall–Kier alpha value is 0.750. The summed E-state index contributed by atoms with van der Waals surface area (Å²) in [6.45, 7) is -0.151. The van der Waals surface area contributed by atoms with E-state index in [-0.39, 0.29) is 19.4 Å². The second-order valence-corrected chi connectivity index (χ2v) is 3.54. The van der Waals surface area contributed by atoms with Gasteiger partial charge in [-0.1, -0.05) is 0 Å². The first-order chi connectivity index (χ1) is 5.45. The maximum absolute atomic E-state index is 12.0. The van der Waals surface area contributed by atoms with Gasteiger partial charge in [0, 0.05) is 29.0 Å². The van der Waals surface area contributed by atoms with Gasteiger partial charge in [0.15, 0.2) is 23.0 Å². The van der Waals surface area contributed by atoms with Crippen LogP contribution < -0.4 is 0 Å². The number of alkyl halides is 3. The monoisotopic (exact) mass is 406 g/mol. The highest BCUT2D eigenvalue weighted by atomic mass is 127. The van der Waals surface area contributed by atoms with Crippen molar-refractivity contribution >= 4 is 51.6 Å². The molecule has 0 heterocycles. The van der Waals surface area contributed by atoms with E-state index in [1.54, 1.807) is 0 Å². The summed E-state index contributed by atoms with van der Waals surface area (Å²) in [6, 6.07) is 0. The summed E-state index contributed by atoms with van der Waals surface area (Å²) in [4.78, 5) is 10.5. The number of hydrogen-bond acceptors (Lipinski definition) is 3. The van der Waals surface area contributed by atoms with Crippen molar-refractivity contribution in [2.24, 2.45) is 0 Å². The van der Waals surface area contributed by atoms with Gasteiger partial charge in [-0.2, -0.15) is 8.78 Å². The van der Waals surface area contributed by atoms with Crippen LogP contribution in [0.25, 0.3) is 0 Å². The highest BCUT2D eigenvalue weighted by Crippen LogP contribution is 2.23. The molecule has 0 rings (SSSR count). The Morgan fingerprint density at radius 3 is 2.50 bits per heavy atom. The van der Waals surface area contributed by atoms with Crippen molar-refractivity contribution in [3.05, 3.63) is 0 Å². The molecule has 3 nitrogen and oxygen atoms in total. The van der Waals surface area contributed by atoms with Gasteiger partial charge in [0.1, 0.15) is 0 Å². The fraction of sp³-hybridized carbons (Fsp3) is 0.800. The van der Waals surface area contributed by atoms with Crippen LogP contribution in [0.2, 0.25) is 0 Å². The average molecular weight is 406 g/mol. The van der Waals surface area contributed by atoms with E-state index in [0.717, 1.165) is 22.6 Å². The lowest BCUT2D eigenvalue weighted by Crippen LogP contribution is -2.12. The fourth-order valence-corrected chi connectivity index (χ4v) is 0.883. The van der Waals surface area contributed by atoms with Crippen molar-refractivity contribution in [3.63, 3.8) is 0 Å². The van der Waals surface area contributed by atoms with E-state index in [9.17, 15) is 13.6 Å². The summed E-state index contributed by atoms with van der Waals surface area (Å²) in [5.41, 5.74) is 0. The summed E-state index contributed by atoms with van der Waals surface area (Å²) >= 11 is 2.31. The number of hydrogen-bond donors (Lipinski definition) is 0. The van der Waals surface area contributed by atoms with Crippen molar-refractivity contribution in [2.75, 3.05) is 6.61 Å². The first-order valence-electron chi connectivity index (χ1n) is 2.98. The molecule has 0 aliphatic rings. The molecule has 0 radical (unpaired) electrons. The number of ether oxygens (including phenoxy) is 1. The minimum atomic E-state index is -3.15. The number of rotatable bonds is 5. The maximum atomic E-state index is 12.0. The minimum Gasteiger partial charge on any atom is -0.394 e. The van der Waals surface area contributed by atoms with Gasteiger partial charge in [0.05, 0.1) is 6.61 Å². The summed E-state index contributed by atoms with van der Waals surface area (Å²) in [6.07, 6.45) is 0.329. The van der Waals surface area contributed by atoms with Gasteiger partial charge in [-0.05, 0) is 6.42 Å². The molecule has 0 saturated heterocycles. The van der Waals surface area contributed by atoms with Crippen molar-refractivity contribution < 1.29 is 21.4 Å². The molecule has 0 spiro atoms. The van der Waals surface area contributed by atoms with E-state index < -0.39 is 10.1 Å². The first kappa shape index (κ1) is 12.8. The van der Waals surface area contributed by atoms with Gasteiger partial charge >= 0.3 is 10.1 Å². The Kier molecular flexibility index (Phi) is 6.63. The number of halogens is 4. The molecule has 0 saturated carbocycles. The maximum Gasteiger partial charge on any atom is 0.407 e. The molecule has 0 N–H and O–H groups in total. The Balaban J connectivity index is 3.28. The molecule has 0 fully saturated rings. The first-order valence-corrected chi connectivity index (χ1v) is 4.94. The Bertz CT molecular complexity index is 148. The molecule has 0 amide bonds. The van der Waals surface area contributed by atoms with E-state index in [1.807, 2.05) is 0 Å². The van der Waals surface area contributed by atoms with E-state index >= 15 is 0 Å². The second-order valence-electron chi connectivity index (χ2n) is 1.85. The Labute approximate surface area is 96.0 Å². The van der Waals surface area contributed by atoms with Crippen molar-refractivity contribution in [3.8, 4) is 0 Å². The molecule has 0 aliphatic carbocycles. The molecular formula is C5H6F2I2O3. The molecule has 0 aromatic carbocycles. The minimum absolute atomic E-state index is 0.0929. The average Bonchev–Trinajstić information content (AvgIpc) is 1.96. The van der Waals surface area contributed by atoms with Crippen molar-refractivity contribution in [1.82, 2.24) is 0 Å². The highest BCUT2D eigenvalue weighted by molar-refractivity contribution is 14.1. The topological polar surface area (TPSA) is 35.5 Å². The van der Waals surface area contributed by atoms with Gasteiger partial charge in [-0.25, -0.2) is 0 Å². The van der Waals surface area contributed by atoms with E-state index in [2.05, 4.69) is 7.80 Å². The van der Waals surface area contributed by atoms with E-state index in [1.165, 1.54) is 23.0 Å². The molecule has 0 bridgehead atoms. The standard InChI is InChI=1S/C5H6F2I2O3/c6-5(7,8)11-3-1-2-4(10)12-9/h1-3H2. The summed E-state index contributed by atoms with van der Waals surface area (Å²) < 4.78 is 29.1. The summed E-state index contributed by atoms with van der Waals surface area (Å²) in [5, 5.41) is 0.